The fraction of sp³-hybridized carbons (Fsp3) is 0.348. The number of fused-ring (bicyclic) bond motifs is 1. The standard InChI is InChI=1S/C23H24N4O3S/c1-26-21(24-25-23(26)31-14-16-5-3-2-4-6-16)17-9-11-27(12-10-17)22(28)18-7-8-19-20(13-18)30-15-29-19/h2-8,13,17H,9-12,14-15H2,1H3. The van der Waals surface area contributed by atoms with Crippen molar-refractivity contribution in [2.75, 3.05) is 19.9 Å². The van der Waals surface area contributed by atoms with E-state index in [1.807, 2.05) is 18.0 Å². The number of carbonyl (C=O) groups is 1. The third kappa shape index (κ3) is 4.12. The lowest BCUT2D eigenvalue weighted by Gasteiger charge is -2.31. The van der Waals surface area contributed by atoms with Crippen molar-refractivity contribution in [1.29, 1.82) is 0 Å². The van der Waals surface area contributed by atoms with E-state index in [0.29, 0.717) is 36.1 Å². The van der Waals surface area contributed by atoms with Crippen LogP contribution in [0.1, 0.15) is 40.5 Å². The number of thioether (sulfide) groups is 1. The van der Waals surface area contributed by atoms with Crippen molar-refractivity contribution in [3.8, 4) is 11.5 Å². The fourth-order valence-corrected chi connectivity index (χ4v) is 4.96. The molecule has 0 unspecified atom stereocenters. The number of ether oxygens (including phenoxy) is 2. The maximum absolute atomic E-state index is 12.9. The van der Waals surface area contributed by atoms with Crippen LogP contribution in [0.15, 0.2) is 53.7 Å². The number of aromatic nitrogens is 3. The molecule has 0 aliphatic carbocycles. The van der Waals surface area contributed by atoms with Gasteiger partial charge in [0.1, 0.15) is 5.82 Å². The largest absolute Gasteiger partial charge is 0.454 e. The molecule has 2 aliphatic heterocycles. The maximum Gasteiger partial charge on any atom is 0.253 e. The van der Waals surface area contributed by atoms with Crippen LogP contribution in [0.5, 0.6) is 11.5 Å². The molecule has 160 valence electrons. The van der Waals surface area contributed by atoms with Gasteiger partial charge in [0, 0.05) is 37.4 Å². The van der Waals surface area contributed by atoms with Gasteiger partial charge in [0.05, 0.1) is 0 Å². The molecule has 0 bridgehead atoms. The summed E-state index contributed by atoms with van der Waals surface area (Å²) >= 11 is 1.70. The molecule has 2 aromatic carbocycles. The first-order valence-corrected chi connectivity index (χ1v) is 11.4. The van der Waals surface area contributed by atoms with E-state index in [2.05, 4.69) is 39.0 Å². The monoisotopic (exact) mass is 436 g/mol. The molecule has 0 atom stereocenters. The highest BCUT2D eigenvalue weighted by Crippen LogP contribution is 2.34. The van der Waals surface area contributed by atoms with Crippen molar-refractivity contribution >= 4 is 17.7 Å². The summed E-state index contributed by atoms with van der Waals surface area (Å²) in [7, 11) is 2.03. The number of hydrogen-bond donors (Lipinski definition) is 0. The Balaban J connectivity index is 1.20. The predicted molar refractivity (Wildman–Crippen MR) is 117 cm³/mol. The lowest BCUT2D eigenvalue weighted by Crippen LogP contribution is -2.38. The molecule has 3 aromatic rings. The van der Waals surface area contributed by atoms with Crippen LogP contribution in [0.3, 0.4) is 0 Å². The van der Waals surface area contributed by atoms with Crippen molar-refractivity contribution in [3.05, 3.63) is 65.5 Å². The number of nitrogens with zero attached hydrogens (tertiary/aromatic N) is 4. The average Bonchev–Trinajstić information content (AvgIpc) is 3.44. The Labute approximate surface area is 185 Å². The average molecular weight is 437 g/mol. The second kappa shape index (κ2) is 8.63. The number of benzene rings is 2. The molecule has 1 fully saturated rings. The van der Waals surface area contributed by atoms with E-state index in [1.54, 1.807) is 30.0 Å². The van der Waals surface area contributed by atoms with Gasteiger partial charge in [-0.25, -0.2) is 0 Å². The quantitative estimate of drug-likeness (QED) is 0.566. The smallest absolute Gasteiger partial charge is 0.253 e. The zero-order valence-corrected chi connectivity index (χ0v) is 18.2. The van der Waals surface area contributed by atoms with E-state index in [-0.39, 0.29) is 12.7 Å². The molecule has 1 saturated heterocycles. The van der Waals surface area contributed by atoms with E-state index in [0.717, 1.165) is 29.6 Å². The highest BCUT2D eigenvalue weighted by Gasteiger charge is 2.28. The Morgan fingerprint density at radius 2 is 1.84 bits per heavy atom. The molecular formula is C23H24N4O3S. The molecule has 8 heteroatoms. The summed E-state index contributed by atoms with van der Waals surface area (Å²) in [5.74, 6) is 3.55. The zero-order chi connectivity index (χ0) is 21.2. The second-order valence-electron chi connectivity index (χ2n) is 7.81. The summed E-state index contributed by atoms with van der Waals surface area (Å²) in [6.07, 6.45) is 1.76. The first-order chi connectivity index (χ1) is 15.2. The first-order valence-electron chi connectivity index (χ1n) is 10.4. The van der Waals surface area contributed by atoms with Crippen LogP contribution in [0, 0.1) is 0 Å². The number of rotatable bonds is 5. The summed E-state index contributed by atoms with van der Waals surface area (Å²) in [5, 5.41) is 9.82. The van der Waals surface area contributed by atoms with Crippen molar-refractivity contribution in [2.24, 2.45) is 7.05 Å². The minimum Gasteiger partial charge on any atom is -0.454 e. The molecule has 7 nitrogen and oxygen atoms in total. The summed E-state index contributed by atoms with van der Waals surface area (Å²) < 4.78 is 12.8. The minimum atomic E-state index is 0.0359. The molecule has 5 rings (SSSR count). The van der Waals surface area contributed by atoms with Gasteiger partial charge in [-0.05, 0) is 36.6 Å². The van der Waals surface area contributed by atoms with Gasteiger partial charge in [0.2, 0.25) is 6.79 Å². The van der Waals surface area contributed by atoms with Gasteiger partial charge in [-0.1, -0.05) is 42.1 Å². The Kier molecular flexibility index (Phi) is 5.55. The van der Waals surface area contributed by atoms with Crippen LogP contribution in [0.4, 0.5) is 0 Å². The Bertz CT molecular complexity index is 1080. The Hall–Kier alpha value is -3.00. The fourth-order valence-electron chi connectivity index (χ4n) is 4.08. The zero-order valence-electron chi connectivity index (χ0n) is 17.4. The topological polar surface area (TPSA) is 69.5 Å². The number of piperidine rings is 1. The van der Waals surface area contributed by atoms with Crippen LogP contribution in [0.25, 0.3) is 0 Å². The minimum absolute atomic E-state index is 0.0359. The normalized spacial score (nSPS) is 16.0. The van der Waals surface area contributed by atoms with Gasteiger partial charge in [-0.3, -0.25) is 4.79 Å². The molecule has 31 heavy (non-hydrogen) atoms. The highest BCUT2D eigenvalue weighted by atomic mass is 32.2. The van der Waals surface area contributed by atoms with E-state index in [4.69, 9.17) is 9.47 Å². The summed E-state index contributed by atoms with van der Waals surface area (Å²) in [6, 6.07) is 15.8. The van der Waals surface area contributed by atoms with Gasteiger partial charge in [-0.15, -0.1) is 10.2 Å². The number of likely N-dealkylation sites (tertiary alicyclic amines) is 1. The molecule has 1 amide bonds. The lowest BCUT2D eigenvalue weighted by atomic mass is 9.95. The molecule has 0 radical (unpaired) electrons. The van der Waals surface area contributed by atoms with Crippen molar-refractivity contribution in [3.63, 3.8) is 0 Å². The van der Waals surface area contributed by atoms with E-state index < -0.39 is 0 Å². The summed E-state index contributed by atoms with van der Waals surface area (Å²) in [6.45, 7) is 1.62. The van der Waals surface area contributed by atoms with Gasteiger partial charge >= 0.3 is 0 Å². The number of amides is 1. The van der Waals surface area contributed by atoms with Gasteiger partial charge in [-0.2, -0.15) is 0 Å². The number of hydrogen-bond acceptors (Lipinski definition) is 6. The van der Waals surface area contributed by atoms with Crippen LogP contribution in [0.2, 0.25) is 0 Å². The van der Waals surface area contributed by atoms with E-state index >= 15 is 0 Å². The molecule has 0 saturated carbocycles. The molecule has 0 spiro atoms. The van der Waals surface area contributed by atoms with Crippen LogP contribution >= 0.6 is 11.8 Å². The van der Waals surface area contributed by atoms with E-state index in [1.165, 1.54) is 5.56 Å². The Morgan fingerprint density at radius 1 is 1.06 bits per heavy atom. The maximum atomic E-state index is 12.9. The lowest BCUT2D eigenvalue weighted by molar-refractivity contribution is 0.0710. The third-order valence-corrected chi connectivity index (χ3v) is 6.94. The SMILES string of the molecule is Cn1c(SCc2ccccc2)nnc1C1CCN(C(=O)c2ccc3c(c2)OCO3)CC1. The Morgan fingerprint density at radius 3 is 2.65 bits per heavy atom. The third-order valence-electron chi connectivity index (χ3n) is 5.85. The summed E-state index contributed by atoms with van der Waals surface area (Å²) in [4.78, 5) is 14.8. The van der Waals surface area contributed by atoms with Crippen LogP contribution in [-0.4, -0.2) is 45.5 Å². The number of carbonyl (C=O) groups excluding carboxylic acids is 1. The van der Waals surface area contributed by atoms with Crippen molar-refractivity contribution < 1.29 is 14.3 Å². The first kappa shape index (κ1) is 19.9. The molecule has 0 N–H and O–H groups in total. The predicted octanol–water partition coefficient (Wildman–Crippen LogP) is 3.86. The second-order valence-corrected chi connectivity index (χ2v) is 8.75. The van der Waals surface area contributed by atoms with Gasteiger partial charge in [0.25, 0.3) is 5.91 Å². The highest BCUT2D eigenvalue weighted by molar-refractivity contribution is 7.98. The van der Waals surface area contributed by atoms with Crippen LogP contribution < -0.4 is 9.47 Å². The molecule has 2 aliphatic rings. The van der Waals surface area contributed by atoms with Crippen LogP contribution in [-0.2, 0) is 12.8 Å². The van der Waals surface area contributed by atoms with Crippen molar-refractivity contribution in [2.45, 2.75) is 29.7 Å². The molecular weight excluding hydrogens is 412 g/mol. The van der Waals surface area contributed by atoms with Crippen molar-refractivity contribution in [1.82, 2.24) is 19.7 Å². The molecule has 1 aromatic heterocycles. The summed E-state index contributed by atoms with van der Waals surface area (Å²) in [5.41, 5.74) is 1.91. The molecule has 3 heterocycles. The van der Waals surface area contributed by atoms with Gasteiger partial charge < -0.3 is 18.9 Å². The van der Waals surface area contributed by atoms with Gasteiger partial charge in [0.15, 0.2) is 16.7 Å². The van der Waals surface area contributed by atoms with E-state index in [9.17, 15) is 4.79 Å².